The third-order valence-corrected chi connectivity index (χ3v) is 1.74. The number of hydrogen-bond donors (Lipinski definition) is 2. The van der Waals surface area contributed by atoms with E-state index >= 15 is 0 Å². The summed E-state index contributed by atoms with van der Waals surface area (Å²) < 4.78 is 0. The van der Waals surface area contributed by atoms with Gasteiger partial charge >= 0.3 is 0 Å². The molecule has 1 aliphatic heterocycles. The Labute approximate surface area is 63.4 Å². The van der Waals surface area contributed by atoms with Gasteiger partial charge in [-0.1, -0.05) is 11.6 Å². The Bertz CT molecular complexity index is 261. The number of fused-ring (bicyclic) bond motifs is 1. The molecule has 0 radical (unpaired) electrons. The number of nitrogens with one attached hydrogen (secondary N) is 2. The van der Waals surface area contributed by atoms with Gasteiger partial charge in [-0.05, 0) is 6.07 Å². The van der Waals surface area contributed by atoms with E-state index in [2.05, 4.69) is 15.6 Å². The molecule has 52 valence electrons. The third kappa shape index (κ3) is 0.708. The van der Waals surface area contributed by atoms with Crippen molar-refractivity contribution in [3.8, 4) is 0 Å². The van der Waals surface area contributed by atoms with Crippen LogP contribution in [0.2, 0.25) is 5.15 Å². The van der Waals surface area contributed by atoms with Gasteiger partial charge in [-0.15, -0.1) is 0 Å². The summed E-state index contributed by atoms with van der Waals surface area (Å²) in [5.41, 5.74) is 1.93. The SMILES string of the molecule is Clc1nccc2c1NCN2. The molecular formula is C6H6ClN3. The molecule has 0 saturated heterocycles. The molecule has 0 amide bonds. The van der Waals surface area contributed by atoms with Crippen molar-refractivity contribution in [1.82, 2.24) is 4.98 Å². The molecule has 0 aliphatic carbocycles. The summed E-state index contributed by atoms with van der Waals surface area (Å²) in [7, 11) is 0. The van der Waals surface area contributed by atoms with Gasteiger partial charge in [0, 0.05) is 6.20 Å². The van der Waals surface area contributed by atoms with Crippen LogP contribution in [0.1, 0.15) is 0 Å². The first-order valence-corrected chi connectivity index (χ1v) is 3.38. The van der Waals surface area contributed by atoms with Gasteiger partial charge in [0.1, 0.15) is 0 Å². The fourth-order valence-electron chi connectivity index (χ4n) is 0.980. The number of aromatic nitrogens is 1. The van der Waals surface area contributed by atoms with Crippen molar-refractivity contribution < 1.29 is 0 Å². The van der Waals surface area contributed by atoms with Crippen molar-refractivity contribution in [3.63, 3.8) is 0 Å². The van der Waals surface area contributed by atoms with Gasteiger partial charge in [0.05, 0.1) is 18.0 Å². The Morgan fingerprint density at radius 1 is 1.50 bits per heavy atom. The number of pyridine rings is 1. The molecule has 1 aromatic rings. The van der Waals surface area contributed by atoms with Gasteiger partial charge < -0.3 is 10.6 Å². The topological polar surface area (TPSA) is 37.0 Å². The zero-order valence-corrected chi connectivity index (χ0v) is 5.94. The standard InChI is InChI=1S/C6H6ClN3/c7-6-5-4(1-2-8-6)9-3-10-5/h1-2,9-10H,3H2. The minimum Gasteiger partial charge on any atom is -0.366 e. The minimum absolute atomic E-state index is 0.530. The van der Waals surface area contributed by atoms with Crippen LogP contribution < -0.4 is 10.6 Å². The maximum absolute atomic E-state index is 5.76. The molecule has 1 aromatic heterocycles. The predicted octanol–water partition coefficient (Wildman–Crippen LogP) is 1.53. The Hall–Kier alpha value is -0.960. The second-order valence-corrected chi connectivity index (χ2v) is 2.41. The van der Waals surface area contributed by atoms with E-state index in [0.717, 1.165) is 18.0 Å². The lowest BCUT2D eigenvalue weighted by molar-refractivity contribution is 1.30. The Morgan fingerprint density at radius 3 is 3.20 bits per heavy atom. The summed E-state index contributed by atoms with van der Waals surface area (Å²) in [6, 6.07) is 1.89. The normalized spacial score (nSPS) is 13.7. The molecule has 0 atom stereocenters. The van der Waals surface area contributed by atoms with E-state index in [-0.39, 0.29) is 0 Å². The van der Waals surface area contributed by atoms with Crippen LogP contribution in [-0.4, -0.2) is 11.7 Å². The largest absolute Gasteiger partial charge is 0.366 e. The minimum atomic E-state index is 0.530. The highest BCUT2D eigenvalue weighted by Crippen LogP contribution is 2.30. The number of halogens is 1. The first kappa shape index (κ1) is 5.80. The predicted molar refractivity (Wildman–Crippen MR) is 41.4 cm³/mol. The van der Waals surface area contributed by atoms with E-state index in [1.807, 2.05) is 6.07 Å². The van der Waals surface area contributed by atoms with Crippen LogP contribution in [0.3, 0.4) is 0 Å². The molecule has 0 fully saturated rings. The van der Waals surface area contributed by atoms with E-state index in [9.17, 15) is 0 Å². The fraction of sp³-hybridized carbons (Fsp3) is 0.167. The van der Waals surface area contributed by atoms with E-state index in [4.69, 9.17) is 11.6 Å². The molecule has 0 unspecified atom stereocenters. The summed E-state index contributed by atoms with van der Waals surface area (Å²) in [6.45, 7) is 0.737. The molecule has 0 aromatic carbocycles. The third-order valence-electron chi connectivity index (χ3n) is 1.45. The van der Waals surface area contributed by atoms with E-state index in [1.54, 1.807) is 6.20 Å². The number of hydrogen-bond acceptors (Lipinski definition) is 3. The van der Waals surface area contributed by atoms with Crippen LogP contribution in [0.5, 0.6) is 0 Å². The first-order chi connectivity index (χ1) is 4.88. The van der Waals surface area contributed by atoms with E-state index in [1.165, 1.54) is 0 Å². The summed E-state index contributed by atoms with van der Waals surface area (Å²) in [6.07, 6.45) is 1.68. The molecule has 2 N–H and O–H groups in total. The molecule has 2 rings (SSSR count). The smallest absolute Gasteiger partial charge is 0.154 e. The molecule has 0 saturated carbocycles. The van der Waals surface area contributed by atoms with E-state index in [0.29, 0.717) is 5.15 Å². The zero-order valence-electron chi connectivity index (χ0n) is 5.19. The number of rotatable bonds is 0. The highest BCUT2D eigenvalue weighted by Gasteiger charge is 2.11. The average molecular weight is 156 g/mol. The number of nitrogens with zero attached hydrogens (tertiary/aromatic N) is 1. The Balaban J connectivity index is 2.59. The van der Waals surface area contributed by atoms with Gasteiger partial charge in [-0.25, -0.2) is 4.98 Å². The molecular weight excluding hydrogens is 150 g/mol. The van der Waals surface area contributed by atoms with E-state index < -0.39 is 0 Å². The van der Waals surface area contributed by atoms with Crippen LogP contribution in [-0.2, 0) is 0 Å². The molecule has 2 heterocycles. The zero-order chi connectivity index (χ0) is 6.97. The lowest BCUT2D eigenvalue weighted by atomic mass is 10.4. The van der Waals surface area contributed by atoms with Gasteiger partial charge in [0.25, 0.3) is 0 Å². The molecule has 4 heteroatoms. The monoisotopic (exact) mass is 155 g/mol. The number of anilines is 2. The highest BCUT2D eigenvalue weighted by molar-refractivity contribution is 6.32. The maximum atomic E-state index is 5.76. The van der Waals surface area contributed by atoms with Crippen LogP contribution in [0, 0.1) is 0 Å². The molecule has 0 spiro atoms. The van der Waals surface area contributed by atoms with Crippen molar-refractivity contribution in [2.45, 2.75) is 0 Å². The molecule has 1 aliphatic rings. The van der Waals surface area contributed by atoms with Crippen molar-refractivity contribution >= 4 is 23.0 Å². The van der Waals surface area contributed by atoms with Gasteiger partial charge in [0.15, 0.2) is 5.15 Å². The van der Waals surface area contributed by atoms with Crippen LogP contribution in [0.25, 0.3) is 0 Å². The Kier molecular flexibility index (Phi) is 1.17. The second-order valence-electron chi connectivity index (χ2n) is 2.05. The maximum Gasteiger partial charge on any atom is 0.154 e. The molecule has 10 heavy (non-hydrogen) atoms. The van der Waals surface area contributed by atoms with Crippen molar-refractivity contribution in [3.05, 3.63) is 17.4 Å². The van der Waals surface area contributed by atoms with Crippen molar-refractivity contribution in [2.24, 2.45) is 0 Å². The van der Waals surface area contributed by atoms with Crippen LogP contribution in [0.4, 0.5) is 11.4 Å². The van der Waals surface area contributed by atoms with Gasteiger partial charge in [0.2, 0.25) is 0 Å². The quantitative estimate of drug-likeness (QED) is 0.558. The summed E-state index contributed by atoms with van der Waals surface area (Å²) in [5.74, 6) is 0. The van der Waals surface area contributed by atoms with Crippen LogP contribution in [0.15, 0.2) is 12.3 Å². The highest BCUT2D eigenvalue weighted by atomic mass is 35.5. The summed E-state index contributed by atoms with van der Waals surface area (Å²) in [5, 5.41) is 6.70. The summed E-state index contributed by atoms with van der Waals surface area (Å²) in [4.78, 5) is 3.91. The fourth-order valence-corrected chi connectivity index (χ4v) is 1.20. The van der Waals surface area contributed by atoms with Gasteiger partial charge in [-0.2, -0.15) is 0 Å². The lowest BCUT2D eigenvalue weighted by Crippen LogP contribution is -1.99. The second kappa shape index (κ2) is 2.02. The van der Waals surface area contributed by atoms with Gasteiger partial charge in [-0.3, -0.25) is 0 Å². The Morgan fingerprint density at radius 2 is 2.40 bits per heavy atom. The average Bonchev–Trinajstić information content (AvgIpc) is 2.36. The lowest BCUT2D eigenvalue weighted by Gasteiger charge is -1.97. The summed E-state index contributed by atoms with van der Waals surface area (Å²) >= 11 is 5.76. The molecule has 3 nitrogen and oxygen atoms in total. The van der Waals surface area contributed by atoms with Crippen LogP contribution >= 0.6 is 11.6 Å². The first-order valence-electron chi connectivity index (χ1n) is 3.00. The molecule has 0 bridgehead atoms. The van der Waals surface area contributed by atoms with Crippen molar-refractivity contribution in [1.29, 1.82) is 0 Å². The van der Waals surface area contributed by atoms with Crippen molar-refractivity contribution in [2.75, 3.05) is 17.3 Å².